The Labute approximate surface area is 201 Å². The van der Waals surface area contributed by atoms with E-state index < -0.39 is 6.04 Å². The summed E-state index contributed by atoms with van der Waals surface area (Å²) in [4.78, 5) is 27.3. The van der Waals surface area contributed by atoms with Crippen LogP contribution in [0.3, 0.4) is 0 Å². The van der Waals surface area contributed by atoms with E-state index >= 15 is 0 Å². The van der Waals surface area contributed by atoms with E-state index in [1.165, 1.54) is 17.8 Å². The first-order valence-electron chi connectivity index (χ1n) is 10.8. The van der Waals surface area contributed by atoms with Crippen LogP contribution in [0.1, 0.15) is 15.9 Å². The number of rotatable bonds is 8. The minimum absolute atomic E-state index is 0.181. The maximum absolute atomic E-state index is 13.9. The van der Waals surface area contributed by atoms with Crippen molar-refractivity contribution in [1.82, 2.24) is 10.2 Å². The number of carbonyl (C=O) groups excluding carboxylic acids is 2. The van der Waals surface area contributed by atoms with Crippen LogP contribution < -0.4 is 16.0 Å². The molecule has 2 aromatic carbocycles. The van der Waals surface area contributed by atoms with Crippen LogP contribution in [0.5, 0.6) is 0 Å². The predicted molar refractivity (Wildman–Crippen MR) is 130 cm³/mol. The molecule has 10 heteroatoms. The van der Waals surface area contributed by atoms with E-state index in [2.05, 4.69) is 20.9 Å². The van der Waals surface area contributed by atoms with Crippen LogP contribution in [0.25, 0.3) is 0 Å². The highest BCUT2D eigenvalue weighted by Crippen LogP contribution is 2.30. The molecule has 0 saturated carbocycles. The molecular weight excluding hydrogens is 467 g/mol. The molecule has 3 N–H and O–H groups in total. The van der Waals surface area contributed by atoms with Gasteiger partial charge in [-0.2, -0.15) is 11.8 Å². The normalized spacial score (nSPS) is 18.2. The summed E-state index contributed by atoms with van der Waals surface area (Å²) in [5.74, 6) is 0.0871. The number of benzene rings is 2. The van der Waals surface area contributed by atoms with Crippen molar-refractivity contribution in [3.8, 4) is 0 Å². The van der Waals surface area contributed by atoms with Gasteiger partial charge in [-0.25, -0.2) is 4.39 Å². The molecular formula is C23H26ClFN4O3S. The summed E-state index contributed by atoms with van der Waals surface area (Å²) in [6.07, 6.45) is 0. The lowest BCUT2D eigenvalue weighted by Crippen LogP contribution is -2.41. The molecule has 2 heterocycles. The largest absolute Gasteiger partial charge is 0.379 e. The first-order chi connectivity index (χ1) is 16.0. The number of nitrogens with zero attached hydrogens (tertiary/aromatic N) is 1. The maximum Gasteiger partial charge on any atom is 0.251 e. The number of thioether (sulfide) groups is 1. The lowest BCUT2D eigenvalue weighted by Gasteiger charge is -2.27. The molecule has 2 aromatic rings. The Hall–Kier alpha value is -2.33. The Balaban J connectivity index is 1.29. The van der Waals surface area contributed by atoms with Crippen LogP contribution in [0.4, 0.5) is 15.8 Å². The number of carbonyl (C=O) groups is 2. The van der Waals surface area contributed by atoms with Crippen LogP contribution in [-0.2, 0) is 15.3 Å². The van der Waals surface area contributed by atoms with Crippen molar-refractivity contribution in [2.24, 2.45) is 0 Å². The van der Waals surface area contributed by atoms with Gasteiger partial charge in [0.1, 0.15) is 11.9 Å². The summed E-state index contributed by atoms with van der Waals surface area (Å²) in [6, 6.07) is 9.32. The summed E-state index contributed by atoms with van der Waals surface area (Å²) in [7, 11) is 0. The summed E-state index contributed by atoms with van der Waals surface area (Å²) < 4.78 is 19.3. The molecule has 0 spiro atoms. The molecule has 0 aromatic heterocycles. The minimum Gasteiger partial charge on any atom is -0.379 e. The maximum atomic E-state index is 13.9. The van der Waals surface area contributed by atoms with Gasteiger partial charge in [-0.1, -0.05) is 17.7 Å². The van der Waals surface area contributed by atoms with Gasteiger partial charge in [0.05, 0.1) is 24.6 Å². The fourth-order valence-corrected chi connectivity index (χ4v) is 5.10. The topological polar surface area (TPSA) is 82.7 Å². The van der Waals surface area contributed by atoms with E-state index in [4.69, 9.17) is 16.3 Å². The van der Waals surface area contributed by atoms with Crippen molar-refractivity contribution in [3.63, 3.8) is 0 Å². The predicted octanol–water partition coefficient (Wildman–Crippen LogP) is 3.21. The Morgan fingerprint density at radius 3 is 2.85 bits per heavy atom. The molecule has 176 valence electrons. The Morgan fingerprint density at radius 2 is 2.06 bits per heavy atom. The first-order valence-corrected chi connectivity index (χ1v) is 12.3. The fraction of sp³-hybridized carbons (Fsp3) is 0.391. The van der Waals surface area contributed by atoms with Crippen LogP contribution in [0.2, 0.25) is 5.02 Å². The minimum atomic E-state index is -0.471. The van der Waals surface area contributed by atoms with E-state index in [0.29, 0.717) is 39.9 Å². The number of morpholine rings is 1. The molecule has 2 aliphatic rings. The Morgan fingerprint density at radius 1 is 1.24 bits per heavy atom. The highest BCUT2D eigenvalue weighted by atomic mass is 35.5. The Kier molecular flexibility index (Phi) is 8.08. The molecule has 2 amide bonds. The molecule has 0 aliphatic carbocycles. The van der Waals surface area contributed by atoms with Crippen molar-refractivity contribution in [1.29, 1.82) is 0 Å². The van der Waals surface area contributed by atoms with Gasteiger partial charge >= 0.3 is 0 Å². The van der Waals surface area contributed by atoms with E-state index in [0.717, 1.165) is 38.5 Å². The van der Waals surface area contributed by atoms with Crippen molar-refractivity contribution < 1.29 is 18.7 Å². The van der Waals surface area contributed by atoms with Gasteiger partial charge in [0.15, 0.2) is 0 Å². The smallest absolute Gasteiger partial charge is 0.251 e. The SMILES string of the molecule is O=C(NCCN1CCOCC1)c1ccc2c(c1)NC(=O)C(CSCc1c(F)cccc1Cl)N2. The summed E-state index contributed by atoms with van der Waals surface area (Å²) in [5, 5.41) is 9.38. The average Bonchev–Trinajstić information content (AvgIpc) is 2.81. The lowest BCUT2D eigenvalue weighted by molar-refractivity contribution is -0.116. The third kappa shape index (κ3) is 6.17. The third-order valence-corrected chi connectivity index (χ3v) is 7.01. The van der Waals surface area contributed by atoms with E-state index in [1.54, 1.807) is 30.3 Å². The van der Waals surface area contributed by atoms with E-state index in [-0.39, 0.29) is 17.6 Å². The highest BCUT2D eigenvalue weighted by Gasteiger charge is 2.26. The van der Waals surface area contributed by atoms with Crippen molar-refractivity contribution in [2.45, 2.75) is 11.8 Å². The van der Waals surface area contributed by atoms with Crippen LogP contribution in [0.15, 0.2) is 36.4 Å². The molecule has 0 radical (unpaired) electrons. The molecule has 1 atom stereocenters. The standard InChI is InChI=1S/C23H26ClFN4O3S/c24-17-2-1-3-18(25)16(17)13-33-14-21-23(31)28-20-12-15(4-5-19(20)27-21)22(30)26-6-7-29-8-10-32-11-9-29/h1-5,12,21,27H,6-11,13-14H2,(H,26,30)(H,28,31). The van der Waals surface area contributed by atoms with Crippen molar-refractivity contribution in [2.75, 3.05) is 55.8 Å². The number of amides is 2. The molecule has 2 aliphatic heterocycles. The van der Waals surface area contributed by atoms with Crippen LogP contribution >= 0.6 is 23.4 Å². The second-order valence-corrected chi connectivity index (χ2v) is 9.31. The first kappa shape index (κ1) is 23.8. The second-order valence-electron chi connectivity index (χ2n) is 7.87. The van der Waals surface area contributed by atoms with Crippen LogP contribution in [-0.4, -0.2) is 67.9 Å². The summed E-state index contributed by atoms with van der Waals surface area (Å²) >= 11 is 7.49. The fourth-order valence-electron chi connectivity index (χ4n) is 3.71. The molecule has 1 saturated heterocycles. The number of hydrogen-bond donors (Lipinski definition) is 3. The second kappa shape index (κ2) is 11.2. The van der Waals surface area contributed by atoms with E-state index in [1.807, 2.05) is 0 Å². The Bertz CT molecular complexity index is 999. The third-order valence-electron chi connectivity index (χ3n) is 5.60. The molecule has 0 bridgehead atoms. The highest BCUT2D eigenvalue weighted by molar-refractivity contribution is 7.98. The summed E-state index contributed by atoms with van der Waals surface area (Å²) in [5.41, 5.74) is 2.23. The van der Waals surface area contributed by atoms with Gasteiger partial charge < -0.3 is 20.7 Å². The van der Waals surface area contributed by atoms with Gasteiger partial charge in [-0.15, -0.1) is 0 Å². The van der Waals surface area contributed by atoms with E-state index in [9.17, 15) is 14.0 Å². The summed E-state index contributed by atoms with van der Waals surface area (Å²) in [6.45, 7) is 4.52. The molecule has 7 nitrogen and oxygen atoms in total. The number of anilines is 2. The number of ether oxygens (including phenoxy) is 1. The quantitative estimate of drug-likeness (QED) is 0.525. The molecule has 4 rings (SSSR count). The zero-order valence-corrected chi connectivity index (χ0v) is 19.6. The van der Waals surface area contributed by atoms with Crippen molar-refractivity contribution in [3.05, 3.63) is 58.4 Å². The number of halogens is 2. The van der Waals surface area contributed by atoms with Crippen LogP contribution in [0, 0.1) is 5.82 Å². The number of nitrogens with one attached hydrogen (secondary N) is 3. The molecule has 33 heavy (non-hydrogen) atoms. The number of fused-ring (bicyclic) bond motifs is 1. The average molecular weight is 493 g/mol. The van der Waals surface area contributed by atoms with Gasteiger partial charge in [-0.3, -0.25) is 14.5 Å². The molecule has 1 fully saturated rings. The zero-order chi connectivity index (χ0) is 23.2. The van der Waals surface area contributed by atoms with Gasteiger partial charge in [0.25, 0.3) is 5.91 Å². The number of hydrogen-bond acceptors (Lipinski definition) is 6. The zero-order valence-electron chi connectivity index (χ0n) is 18.0. The monoisotopic (exact) mass is 492 g/mol. The van der Waals surface area contributed by atoms with Crippen molar-refractivity contribution >= 4 is 46.6 Å². The van der Waals surface area contributed by atoms with Gasteiger partial charge in [0.2, 0.25) is 5.91 Å². The lowest BCUT2D eigenvalue weighted by atomic mass is 10.1. The molecule has 1 unspecified atom stereocenters. The van der Waals surface area contributed by atoms with Gasteiger partial charge in [-0.05, 0) is 30.3 Å². The van der Waals surface area contributed by atoms with Gasteiger partial charge in [0, 0.05) is 53.8 Å².